The summed E-state index contributed by atoms with van der Waals surface area (Å²) in [6.45, 7) is 7.29. The molecular weight excluding hydrogens is 522 g/mol. The number of carbonyl (C=O) groups is 2. The number of hydrogen-bond acceptors (Lipinski definition) is 6. The van der Waals surface area contributed by atoms with Crippen LogP contribution in [0.25, 0.3) is 0 Å². The summed E-state index contributed by atoms with van der Waals surface area (Å²) in [5.74, 6) is 0.00349. The van der Waals surface area contributed by atoms with Gasteiger partial charge in [0.05, 0.1) is 11.3 Å². The van der Waals surface area contributed by atoms with Crippen LogP contribution in [0.1, 0.15) is 57.7 Å². The number of para-hydroxylation sites is 1. The third kappa shape index (κ3) is 5.08. The Balaban J connectivity index is 1.06. The molecule has 0 aliphatic carbocycles. The van der Waals surface area contributed by atoms with Crippen molar-refractivity contribution in [3.05, 3.63) is 75.8 Å². The zero-order valence-corrected chi connectivity index (χ0v) is 24.0. The molecule has 2 fully saturated rings. The molecule has 2 aromatic carbocycles. The fourth-order valence-electron chi connectivity index (χ4n) is 6.41. The third-order valence-electron chi connectivity index (χ3n) is 8.82. The molecule has 0 saturated carbocycles. The minimum Gasteiger partial charge on any atom is -0.385 e. The van der Waals surface area contributed by atoms with E-state index in [1.54, 1.807) is 0 Å². The number of piperidine rings is 2. The number of carbonyl (C=O) groups excluding carboxylic acids is 2. The van der Waals surface area contributed by atoms with E-state index in [2.05, 4.69) is 16.3 Å². The van der Waals surface area contributed by atoms with Crippen molar-refractivity contribution in [1.82, 2.24) is 14.8 Å². The Morgan fingerprint density at radius 1 is 1.00 bits per heavy atom. The van der Waals surface area contributed by atoms with Crippen LogP contribution in [0.4, 0.5) is 15.6 Å². The lowest BCUT2D eigenvalue weighted by Crippen LogP contribution is -2.48. The largest absolute Gasteiger partial charge is 0.385 e. The van der Waals surface area contributed by atoms with E-state index in [4.69, 9.17) is 4.98 Å². The number of fused-ring (bicyclic) bond motifs is 1. The van der Waals surface area contributed by atoms with Crippen LogP contribution >= 0.6 is 11.3 Å². The number of amides is 3. The van der Waals surface area contributed by atoms with E-state index in [1.165, 1.54) is 16.9 Å². The van der Waals surface area contributed by atoms with Crippen molar-refractivity contribution in [2.75, 3.05) is 42.9 Å². The highest BCUT2D eigenvalue weighted by Crippen LogP contribution is 2.36. The van der Waals surface area contributed by atoms with Gasteiger partial charge < -0.3 is 25.1 Å². The average Bonchev–Trinajstić information content (AvgIpc) is 3.27. The second kappa shape index (κ2) is 10.9. The second-order valence-electron chi connectivity index (χ2n) is 11.3. The molecule has 2 N–H and O–H groups in total. The van der Waals surface area contributed by atoms with Gasteiger partial charge in [0, 0.05) is 44.5 Å². The number of nitrogens with zero attached hydrogens (tertiary/aromatic N) is 4. The van der Waals surface area contributed by atoms with Gasteiger partial charge in [-0.25, -0.2) is 9.78 Å². The van der Waals surface area contributed by atoms with E-state index in [0.717, 1.165) is 66.5 Å². The highest BCUT2D eigenvalue weighted by Gasteiger charge is 2.37. The first kappa shape index (κ1) is 26.8. The lowest BCUT2D eigenvalue weighted by Gasteiger charge is -2.39. The second-order valence-corrected chi connectivity index (χ2v) is 12.3. The monoisotopic (exact) mass is 559 g/mol. The van der Waals surface area contributed by atoms with E-state index in [-0.39, 0.29) is 18.0 Å². The molecule has 3 amide bonds. The number of aliphatic hydroxyl groups is 1. The first-order chi connectivity index (χ1) is 19.3. The summed E-state index contributed by atoms with van der Waals surface area (Å²) >= 11 is 1.47. The molecule has 9 heteroatoms. The quantitative estimate of drug-likeness (QED) is 0.473. The Hall–Kier alpha value is -3.43. The van der Waals surface area contributed by atoms with E-state index >= 15 is 0 Å². The molecule has 210 valence electrons. The van der Waals surface area contributed by atoms with E-state index in [0.29, 0.717) is 30.8 Å². The van der Waals surface area contributed by atoms with Crippen molar-refractivity contribution in [3.8, 4) is 0 Å². The number of aryl methyl sites for hydroxylation is 2. The smallest absolute Gasteiger partial charge is 0.322 e. The van der Waals surface area contributed by atoms with Crippen molar-refractivity contribution >= 4 is 34.1 Å². The molecule has 40 heavy (non-hydrogen) atoms. The molecule has 2 saturated heterocycles. The molecule has 0 radical (unpaired) electrons. The number of hydrogen-bond donors (Lipinski definition) is 2. The minimum atomic E-state index is -0.895. The number of rotatable bonds is 4. The molecule has 3 aliphatic rings. The van der Waals surface area contributed by atoms with Gasteiger partial charge in [-0.2, -0.15) is 0 Å². The molecule has 0 unspecified atom stereocenters. The highest BCUT2D eigenvalue weighted by atomic mass is 32.1. The fraction of sp³-hybridized carbons (Fsp3) is 0.452. The van der Waals surface area contributed by atoms with Crippen LogP contribution in [0.5, 0.6) is 0 Å². The normalized spacial score (nSPS) is 19.7. The third-order valence-corrected chi connectivity index (χ3v) is 10.0. The van der Waals surface area contributed by atoms with Crippen LogP contribution in [0, 0.1) is 13.8 Å². The summed E-state index contributed by atoms with van der Waals surface area (Å²) in [7, 11) is 0. The number of nitrogens with one attached hydrogen (secondary N) is 1. The molecule has 1 aromatic heterocycles. The van der Waals surface area contributed by atoms with Crippen LogP contribution in [0.15, 0.2) is 48.5 Å². The Kier molecular flexibility index (Phi) is 7.27. The molecule has 0 atom stereocenters. The summed E-state index contributed by atoms with van der Waals surface area (Å²) in [6, 6.07) is 16.2. The van der Waals surface area contributed by atoms with Gasteiger partial charge in [0.2, 0.25) is 0 Å². The summed E-state index contributed by atoms with van der Waals surface area (Å²) in [4.78, 5) is 38.0. The predicted molar refractivity (Wildman–Crippen MR) is 158 cm³/mol. The van der Waals surface area contributed by atoms with Gasteiger partial charge in [-0.3, -0.25) is 4.79 Å². The van der Waals surface area contributed by atoms with E-state index in [1.807, 2.05) is 66.1 Å². The van der Waals surface area contributed by atoms with Gasteiger partial charge in [0.1, 0.15) is 4.88 Å². The van der Waals surface area contributed by atoms with Crippen molar-refractivity contribution in [1.29, 1.82) is 0 Å². The van der Waals surface area contributed by atoms with Crippen LogP contribution < -0.4 is 10.2 Å². The Labute approximate surface area is 239 Å². The summed E-state index contributed by atoms with van der Waals surface area (Å²) in [5, 5.41) is 15.3. The molecule has 3 aliphatic heterocycles. The maximum absolute atomic E-state index is 13.5. The van der Waals surface area contributed by atoms with E-state index in [9.17, 15) is 14.7 Å². The molecular formula is C31H37N5O3S. The minimum absolute atomic E-state index is 0.00349. The first-order valence-electron chi connectivity index (χ1n) is 14.3. The van der Waals surface area contributed by atoms with Gasteiger partial charge in [0.15, 0.2) is 5.13 Å². The number of anilines is 2. The number of aromatic nitrogens is 1. The van der Waals surface area contributed by atoms with Crippen LogP contribution in [-0.4, -0.2) is 70.6 Å². The lowest BCUT2D eigenvalue weighted by molar-refractivity contribution is -0.0214. The van der Waals surface area contributed by atoms with E-state index < -0.39 is 5.60 Å². The Bertz CT molecular complexity index is 1410. The van der Waals surface area contributed by atoms with Crippen molar-refractivity contribution in [2.24, 2.45) is 0 Å². The number of thiazole rings is 1. The van der Waals surface area contributed by atoms with Crippen molar-refractivity contribution < 1.29 is 14.7 Å². The Morgan fingerprint density at radius 2 is 1.70 bits per heavy atom. The first-order valence-corrected chi connectivity index (χ1v) is 15.1. The average molecular weight is 560 g/mol. The van der Waals surface area contributed by atoms with Crippen molar-refractivity contribution in [3.63, 3.8) is 0 Å². The standard InChI is InChI=1S/C31H37N5O3S/c1-21-7-3-5-9-25(21)31(39)14-19-34(20-15-31)28(37)27-22(2)32-30(40-27)35-16-12-24(13-17-35)36-18-11-23-8-4-6-10-26(23)33-29(36)38/h3-10,24,39H,11-20H2,1-2H3,(H,33,38). The molecule has 4 heterocycles. The van der Waals surface area contributed by atoms with Crippen molar-refractivity contribution in [2.45, 2.75) is 57.6 Å². The zero-order chi connectivity index (χ0) is 27.9. The summed E-state index contributed by atoms with van der Waals surface area (Å²) in [5.41, 5.74) is 4.00. The number of benzene rings is 2. The zero-order valence-electron chi connectivity index (χ0n) is 23.2. The van der Waals surface area contributed by atoms with Gasteiger partial charge in [0.25, 0.3) is 5.91 Å². The van der Waals surface area contributed by atoms with Crippen LogP contribution in [0.2, 0.25) is 0 Å². The van der Waals surface area contributed by atoms with Gasteiger partial charge in [-0.1, -0.05) is 53.8 Å². The van der Waals surface area contributed by atoms with Crippen LogP contribution in [0.3, 0.4) is 0 Å². The number of likely N-dealkylation sites (tertiary alicyclic amines) is 1. The topological polar surface area (TPSA) is 89.0 Å². The highest BCUT2D eigenvalue weighted by molar-refractivity contribution is 7.17. The van der Waals surface area contributed by atoms with Gasteiger partial charge in [-0.15, -0.1) is 0 Å². The maximum Gasteiger partial charge on any atom is 0.322 e. The maximum atomic E-state index is 13.5. The Morgan fingerprint density at radius 3 is 2.45 bits per heavy atom. The lowest BCUT2D eigenvalue weighted by atomic mass is 9.82. The number of urea groups is 1. The van der Waals surface area contributed by atoms with Crippen LogP contribution in [-0.2, 0) is 12.0 Å². The molecule has 8 nitrogen and oxygen atoms in total. The van der Waals surface area contributed by atoms with Gasteiger partial charge >= 0.3 is 6.03 Å². The predicted octanol–water partition coefficient (Wildman–Crippen LogP) is 4.94. The molecule has 6 rings (SSSR count). The molecule has 3 aromatic rings. The molecule has 0 bridgehead atoms. The summed E-state index contributed by atoms with van der Waals surface area (Å²) < 4.78 is 0. The fourth-order valence-corrected chi connectivity index (χ4v) is 7.50. The van der Waals surface area contributed by atoms with Gasteiger partial charge in [-0.05, 0) is 68.7 Å². The molecule has 0 spiro atoms. The SMILES string of the molecule is Cc1ccccc1C1(O)CCN(C(=O)c2sc(N3CCC(N4CCc5ccccc5NC4=O)CC3)nc2C)CC1. The summed E-state index contributed by atoms with van der Waals surface area (Å²) in [6.07, 6.45) is 3.64.